The van der Waals surface area contributed by atoms with Crippen molar-refractivity contribution in [3.63, 3.8) is 0 Å². The molecule has 0 bridgehead atoms. The zero-order chi connectivity index (χ0) is 7.68. The smallest absolute Gasteiger partial charge is 0.0875 e. The Balaban J connectivity index is 2.15. The lowest BCUT2D eigenvalue weighted by Gasteiger charge is -2.06. The summed E-state index contributed by atoms with van der Waals surface area (Å²) in [5, 5.41) is 0. The molecule has 1 nitrogen and oxygen atoms in total. The second-order valence-corrected chi connectivity index (χ2v) is 3.07. The summed E-state index contributed by atoms with van der Waals surface area (Å²) in [6, 6.07) is 10.5. The molecule has 1 aromatic carbocycles. The largest absolute Gasteiger partial charge is 0.372 e. The van der Waals surface area contributed by atoms with Gasteiger partial charge in [0, 0.05) is 5.92 Å². The van der Waals surface area contributed by atoms with E-state index in [1.54, 1.807) is 0 Å². The van der Waals surface area contributed by atoms with Gasteiger partial charge in [-0.1, -0.05) is 37.3 Å². The molecular weight excluding hydrogens is 136 g/mol. The van der Waals surface area contributed by atoms with Crippen LogP contribution in [0.1, 0.15) is 18.4 Å². The fourth-order valence-electron chi connectivity index (χ4n) is 1.32. The Morgan fingerprint density at radius 3 is 2.55 bits per heavy atom. The van der Waals surface area contributed by atoms with Crippen LogP contribution in [-0.2, 0) is 4.74 Å². The van der Waals surface area contributed by atoms with E-state index in [0.717, 1.165) is 6.61 Å². The number of ether oxygens (including phenoxy) is 1. The third-order valence-electron chi connectivity index (χ3n) is 2.24. The Kier molecular flexibility index (Phi) is 1.66. The zero-order valence-corrected chi connectivity index (χ0v) is 6.66. The predicted octanol–water partition coefficient (Wildman–Crippen LogP) is 2.19. The molecule has 2 rings (SSSR count). The van der Waals surface area contributed by atoms with E-state index in [9.17, 15) is 0 Å². The van der Waals surface area contributed by atoms with Gasteiger partial charge in [0.25, 0.3) is 0 Å². The molecule has 2 atom stereocenters. The van der Waals surface area contributed by atoms with Crippen LogP contribution < -0.4 is 0 Å². The van der Waals surface area contributed by atoms with Crippen molar-refractivity contribution in [1.29, 1.82) is 0 Å². The minimum Gasteiger partial charge on any atom is -0.372 e. The molecule has 0 amide bonds. The van der Waals surface area contributed by atoms with E-state index in [0.29, 0.717) is 12.0 Å². The standard InChI is InChI=1S/C10H12O/c1-8(10-7-11-10)9-5-3-2-4-6-9/h2-6,8,10H,7H2,1H3/t8-,10?/m1/s1. The maximum absolute atomic E-state index is 5.22. The lowest BCUT2D eigenvalue weighted by Crippen LogP contribution is -2.00. The Bertz CT molecular complexity index is 226. The molecule has 0 N–H and O–H groups in total. The summed E-state index contributed by atoms with van der Waals surface area (Å²) in [6.45, 7) is 3.16. The van der Waals surface area contributed by atoms with Crippen molar-refractivity contribution in [3.8, 4) is 0 Å². The highest BCUT2D eigenvalue weighted by molar-refractivity contribution is 5.20. The van der Waals surface area contributed by atoms with Crippen LogP contribution in [0.4, 0.5) is 0 Å². The summed E-state index contributed by atoms with van der Waals surface area (Å²) in [5.74, 6) is 0.566. The van der Waals surface area contributed by atoms with Crippen LogP contribution >= 0.6 is 0 Å². The van der Waals surface area contributed by atoms with Crippen LogP contribution in [0, 0.1) is 0 Å². The molecule has 0 saturated carbocycles. The van der Waals surface area contributed by atoms with Crippen LogP contribution in [-0.4, -0.2) is 12.7 Å². The highest BCUT2D eigenvalue weighted by Crippen LogP contribution is 2.28. The fourth-order valence-corrected chi connectivity index (χ4v) is 1.32. The molecule has 1 aromatic rings. The van der Waals surface area contributed by atoms with Crippen molar-refractivity contribution >= 4 is 0 Å². The summed E-state index contributed by atoms with van der Waals surface area (Å²) in [6.07, 6.45) is 0.484. The molecule has 1 fully saturated rings. The van der Waals surface area contributed by atoms with Crippen molar-refractivity contribution in [1.82, 2.24) is 0 Å². The predicted molar refractivity (Wildman–Crippen MR) is 44.6 cm³/mol. The van der Waals surface area contributed by atoms with Crippen molar-refractivity contribution in [2.75, 3.05) is 6.61 Å². The van der Waals surface area contributed by atoms with Gasteiger partial charge in [0.2, 0.25) is 0 Å². The number of epoxide rings is 1. The normalized spacial score (nSPS) is 24.6. The van der Waals surface area contributed by atoms with Gasteiger partial charge in [0.1, 0.15) is 0 Å². The molecule has 0 radical (unpaired) electrons. The molecule has 1 aliphatic heterocycles. The Morgan fingerprint density at radius 2 is 2.00 bits per heavy atom. The topological polar surface area (TPSA) is 12.5 Å². The number of hydrogen-bond donors (Lipinski definition) is 0. The first-order valence-corrected chi connectivity index (χ1v) is 4.04. The summed E-state index contributed by atoms with van der Waals surface area (Å²) in [5.41, 5.74) is 1.38. The van der Waals surface area contributed by atoms with E-state index in [1.165, 1.54) is 5.56 Å². The van der Waals surface area contributed by atoms with E-state index in [2.05, 4.69) is 31.2 Å². The average molecular weight is 148 g/mol. The van der Waals surface area contributed by atoms with Gasteiger partial charge in [-0.05, 0) is 5.56 Å². The van der Waals surface area contributed by atoms with Gasteiger partial charge in [-0.25, -0.2) is 0 Å². The van der Waals surface area contributed by atoms with Crippen LogP contribution in [0.5, 0.6) is 0 Å². The van der Waals surface area contributed by atoms with Gasteiger partial charge >= 0.3 is 0 Å². The van der Waals surface area contributed by atoms with E-state index in [-0.39, 0.29) is 0 Å². The maximum atomic E-state index is 5.22. The number of benzene rings is 1. The van der Waals surface area contributed by atoms with Crippen molar-refractivity contribution in [3.05, 3.63) is 35.9 Å². The fraction of sp³-hybridized carbons (Fsp3) is 0.400. The molecular formula is C10H12O. The third-order valence-corrected chi connectivity index (χ3v) is 2.24. The first kappa shape index (κ1) is 6.86. The Morgan fingerprint density at radius 1 is 1.36 bits per heavy atom. The quantitative estimate of drug-likeness (QED) is 0.586. The van der Waals surface area contributed by atoms with Gasteiger partial charge in [0.15, 0.2) is 0 Å². The molecule has 58 valence electrons. The maximum Gasteiger partial charge on any atom is 0.0875 e. The minimum atomic E-state index is 0.484. The van der Waals surface area contributed by atoms with Crippen LogP contribution in [0.2, 0.25) is 0 Å². The van der Waals surface area contributed by atoms with Gasteiger partial charge in [-0.2, -0.15) is 0 Å². The third kappa shape index (κ3) is 1.43. The van der Waals surface area contributed by atoms with E-state index >= 15 is 0 Å². The molecule has 11 heavy (non-hydrogen) atoms. The van der Waals surface area contributed by atoms with Crippen molar-refractivity contribution in [2.24, 2.45) is 0 Å². The van der Waals surface area contributed by atoms with Gasteiger partial charge < -0.3 is 4.74 Å². The average Bonchev–Trinajstić information content (AvgIpc) is 2.87. The van der Waals surface area contributed by atoms with Gasteiger partial charge in [0.05, 0.1) is 12.7 Å². The number of hydrogen-bond acceptors (Lipinski definition) is 1. The summed E-state index contributed by atoms with van der Waals surface area (Å²) in [4.78, 5) is 0. The van der Waals surface area contributed by atoms with Crippen molar-refractivity contribution in [2.45, 2.75) is 18.9 Å². The molecule has 1 unspecified atom stereocenters. The van der Waals surface area contributed by atoms with Crippen LogP contribution in [0.3, 0.4) is 0 Å². The number of rotatable bonds is 2. The highest BCUT2D eigenvalue weighted by Gasteiger charge is 2.29. The van der Waals surface area contributed by atoms with Crippen LogP contribution in [0.25, 0.3) is 0 Å². The molecule has 1 aliphatic rings. The first-order chi connectivity index (χ1) is 5.38. The monoisotopic (exact) mass is 148 g/mol. The SMILES string of the molecule is C[C@H](c1ccccc1)C1CO1. The molecule has 1 heteroatoms. The Hall–Kier alpha value is -0.820. The molecule has 1 saturated heterocycles. The molecule has 0 aliphatic carbocycles. The lowest BCUT2D eigenvalue weighted by atomic mass is 9.99. The van der Waals surface area contributed by atoms with Crippen molar-refractivity contribution < 1.29 is 4.74 Å². The van der Waals surface area contributed by atoms with Gasteiger partial charge in [-0.3, -0.25) is 0 Å². The summed E-state index contributed by atoms with van der Waals surface area (Å²) in [7, 11) is 0. The molecule has 0 aromatic heterocycles. The van der Waals surface area contributed by atoms with E-state index < -0.39 is 0 Å². The minimum absolute atomic E-state index is 0.484. The highest BCUT2D eigenvalue weighted by atomic mass is 16.6. The van der Waals surface area contributed by atoms with Gasteiger partial charge in [-0.15, -0.1) is 0 Å². The lowest BCUT2D eigenvalue weighted by molar-refractivity contribution is 0.382. The Labute approximate surface area is 67.0 Å². The first-order valence-electron chi connectivity index (χ1n) is 4.04. The summed E-state index contributed by atoms with van der Waals surface area (Å²) < 4.78 is 5.22. The van der Waals surface area contributed by atoms with E-state index in [1.807, 2.05) is 6.07 Å². The second kappa shape index (κ2) is 2.67. The molecule has 0 spiro atoms. The van der Waals surface area contributed by atoms with Crippen LogP contribution in [0.15, 0.2) is 30.3 Å². The molecule has 1 heterocycles. The zero-order valence-electron chi connectivity index (χ0n) is 6.66. The van der Waals surface area contributed by atoms with E-state index in [4.69, 9.17) is 4.74 Å². The summed E-state index contributed by atoms with van der Waals surface area (Å²) >= 11 is 0. The second-order valence-electron chi connectivity index (χ2n) is 3.07.